The van der Waals surface area contributed by atoms with Gasteiger partial charge in [-0.05, 0) is 69.6 Å². The van der Waals surface area contributed by atoms with Crippen molar-refractivity contribution in [3.05, 3.63) is 48.3 Å². The number of aliphatic hydroxyl groups excluding tert-OH is 2. The molecular formula is C32H47N5O6. The standard InChI is InChI=1S/C32H47N5O6/c38-18-10-3-7-15-34-30(40)24-36-17-9-1-2-12-20-43-29-14-6-5-13-28(29)37(25-31(41)35-16-8-4-11-19-39)27-21-26(32(36)42)22-33-23-27/h5-6,13-14,21-23,38-39H,1-4,7-12,15-20,24-25H2,(H,34,40)(H,35,41). The van der Waals surface area contributed by atoms with Crippen LogP contribution in [0.3, 0.4) is 0 Å². The summed E-state index contributed by atoms with van der Waals surface area (Å²) in [6.07, 6.45) is 11.1. The summed E-state index contributed by atoms with van der Waals surface area (Å²) >= 11 is 0. The molecule has 11 nitrogen and oxygen atoms in total. The first-order valence-corrected chi connectivity index (χ1v) is 15.5. The highest BCUT2D eigenvalue weighted by Crippen LogP contribution is 2.34. The number of para-hydroxylation sites is 2. The minimum atomic E-state index is -0.294. The molecule has 1 aromatic heterocycles. The van der Waals surface area contributed by atoms with Gasteiger partial charge in [0, 0.05) is 39.0 Å². The lowest BCUT2D eigenvalue weighted by atomic mass is 10.1. The van der Waals surface area contributed by atoms with Crippen LogP contribution in [0.15, 0.2) is 42.7 Å². The molecule has 1 aliphatic heterocycles. The third kappa shape index (κ3) is 11.8. The van der Waals surface area contributed by atoms with Crippen molar-refractivity contribution in [2.24, 2.45) is 0 Å². The van der Waals surface area contributed by atoms with E-state index in [0.29, 0.717) is 61.8 Å². The number of nitrogens with zero attached hydrogens (tertiary/aromatic N) is 3. The molecule has 1 aliphatic rings. The van der Waals surface area contributed by atoms with E-state index in [9.17, 15) is 14.4 Å². The zero-order valence-electron chi connectivity index (χ0n) is 25.1. The first-order valence-electron chi connectivity index (χ1n) is 15.5. The van der Waals surface area contributed by atoms with Gasteiger partial charge in [0.1, 0.15) is 12.3 Å². The van der Waals surface area contributed by atoms with Gasteiger partial charge >= 0.3 is 0 Å². The van der Waals surface area contributed by atoms with Gasteiger partial charge in [-0.25, -0.2) is 0 Å². The second-order valence-electron chi connectivity index (χ2n) is 10.7. The molecule has 2 heterocycles. The number of carbonyl (C=O) groups is 3. The molecule has 2 bridgehead atoms. The maximum absolute atomic E-state index is 13.7. The van der Waals surface area contributed by atoms with E-state index in [-0.39, 0.29) is 44.0 Å². The Morgan fingerprint density at radius 2 is 1.51 bits per heavy atom. The van der Waals surface area contributed by atoms with Crippen molar-refractivity contribution in [2.75, 3.05) is 57.4 Å². The molecular weight excluding hydrogens is 550 g/mol. The van der Waals surface area contributed by atoms with Gasteiger partial charge in [-0.3, -0.25) is 19.4 Å². The van der Waals surface area contributed by atoms with Crippen molar-refractivity contribution in [1.82, 2.24) is 20.5 Å². The molecule has 2 aromatic rings. The lowest BCUT2D eigenvalue weighted by Gasteiger charge is -2.27. The van der Waals surface area contributed by atoms with Gasteiger partial charge in [0.05, 0.1) is 36.3 Å². The number of ether oxygens (including phenoxy) is 1. The van der Waals surface area contributed by atoms with Crippen LogP contribution in [-0.4, -0.2) is 90.4 Å². The summed E-state index contributed by atoms with van der Waals surface area (Å²) < 4.78 is 6.17. The molecule has 11 heteroatoms. The molecule has 3 rings (SSSR count). The molecule has 0 spiro atoms. The number of hydrogen-bond acceptors (Lipinski definition) is 8. The number of amides is 3. The first-order chi connectivity index (χ1) is 21.0. The molecule has 4 N–H and O–H groups in total. The Bertz CT molecular complexity index is 1150. The van der Waals surface area contributed by atoms with Gasteiger partial charge in [-0.1, -0.05) is 25.0 Å². The SMILES string of the molecule is O=C(CN1CCCCCCOc2ccccc2N(CC(=O)NCCCCCO)c2cncc(c2)C1=O)NCCCCCO. The number of carbonyl (C=O) groups excluding carboxylic acids is 3. The molecule has 0 radical (unpaired) electrons. The average Bonchev–Trinajstić information content (AvgIpc) is 3.02. The summed E-state index contributed by atoms with van der Waals surface area (Å²) in [6, 6.07) is 9.23. The van der Waals surface area contributed by atoms with Crippen LogP contribution < -0.4 is 20.3 Å². The predicted octanol–water partition coefficient (Wildman–Crippen LogP) is 3.17. The molecule has 0 atom stereocenters. The van der Waals surface area contributed by atoms with Crippen molar-refractivity contribution in [2.45, 2.75) is 64.2 Å². The zero-order chi connectivity index (χ0) is 30.7. The lowest BCUT2D eigenvalue weighted by molar-refractivity contribution is -0.122. The summed E-state index contributed by atoms with van der Waals surface area (Å²) in [7, 11) is 0. The van der Waals surface area contributed by atoms with E-state index in [1.54, 1.807) is 22.1 Å². The minimum Gasteiger partial charge on any atom is -0.491 e. The van der Waals surface area contributed by atoms with E-state index in [2.05, 4.69) is 15.6 Å². The van der Waals surface area contributed by atoms with Crippen molar-refractivity contribution in [3.63, 3.8) is 0 Å². The minimum absolute atomic E-state index is 0.0118. The third-order valence-corrected chi connectivity index (χ3v) is 7.26. The highest BCUT2D eigenvalue weighted by molar-refractivity contribution is 5.97. The molecule has 43 heavy (non-hydrogen) atoms. The molecule has 0 fully saturated rings. The average molecular weight is 598 g/mol. The largest absolute Gasteiger partial charge is 0.491 e. The summed E-state index contributed by atoms with van der Waals surface area (Å²) in [5.74, 6) is -0.0654. The summed E-state index contributed by atoms with van der Waals surface area (Å²) in [6.45, 7) is 2.14. The summed E-state index contributed by atoms with van der Waals surface area (Å²) in [5.41, 5.74) is 1.58. The van der Waals surface area contributed by atoms with E-state index < -0.39 is 0 Å². The number of benzene rings is 1. The van der Waals surface area contributed by atoms with Crippen molar-refractivity contribution in [1.29, 1.82) is 0 Å². The molecule has 0 unspecified atom stereocenters. The number of rotatable bonds is 14. The number of pyridine rings is 1. The number of aromatic nitrogens is 1. The van der Waals surface area contributed by atoms with Crippen LogP contribution in [0.4, 0.5) is 11.4 Å². The number of fused-ring (bicyclic) bond motifs is 3. The fourth-order valence-electron chi connectivity index (χ4n) is 4.90. The van der Waals surface area contributed by atoms with Crippen LogP contribution in [-0.2, 0) is 9.59 Å². The number of unbranched alkanes of at least 4 members (excludes halogenated alkanes) is 4. The van der Waals surface area contributed by atoms with Crippen LogP contribution in [0.25, 0.3) is 0 Å². The normalized spacial score (nSPS) is 14.2. The number of hydrogen-bond donors (Lipinski definition) is 4. The maximum atomic E-state index is 13.7. The molecule has 3 amide bonds. The number of aliphatic hydroxyl groups is 2. The van der Waals surface area contributed by atoms with E-state index in [0.717, 1.165) is 51.4 Å². The van der Waals surface area contributed by atoms with E-state index in [1.807, 2.05) is 24.3 Å². The van der Waals surface area contributed by atoms with Crippen molar-refractivity contribution >= 4 is 29.1 Å². The fourth-order valence-corrected chi connectivity index (χ4v) is 4.90. The number of nitrogens with one attached hydrogen (secondary N) is 2. The maximum Gasteiger partial charge on any atom is 0.255 e. The van der Waals surface area contributed by atoms with Gasteiger partial charge in [0.25, 0.3) is 5.91 Å². The van der Waals surface area contributed by atoms with Crippen LogP contribution in [0.2, 0.25) is 0 Å². The van der Waals surface area contributed by atoms with E-state index in [1.165, 1.54) is 6.20 Å². The van der Waals surface area contributed by atoms with Crippen molar-refractivity contribution < 1.29 is 29.3 Å². The Labute approximate surface area is 254 Å². The first kappa shape index (κ1) is 33.8. The van der Waals surface area contributed by atoms with Crippen LogP contribution in [0, 0.1) is 0 Å². The van der Waals surface area contributed by atoms with Crippen LogP contribution in [0.1, 0.15) is 74.6 Å². The second-order valence-corrected chi connectivity index (χ2v) is 10.7. The van der Waals surface area contributed by atoms with E-state index in [4.69, 9.17) is 14.9 Å². The third-order valence-electron chi connectivity index (χ3n) is 7.26. The Morgan fingerprint density at radius 3 is 2.23 bits per heavy atom. The quantitative estimate of drug-likeness (QED) is 0.243. The van der Waals surface area contributed by atoms with E-state index >= 15 is 0 Å². The van der Waals surface area contributed by atoms with Crippen LogP contribution >= 0.6 is 0 Å². The summed E-state index contributed by atoms with van der Waals surface area (Å²) in [4.78, 5) is 47.3. The molecule has 0 saturated carbocycles. The zero-order valence-corrected chi connectivity index (χ0v) is 25.1. The Morgan fingerprint density at radius 1 is 0.837 bits per heavy atom. The van der Waals surface area contributed by atoms with Gasteiger partial charge < -0.3 is 35.4 Å². The lowest BCUT2D eigenvalue weighted by Crippen LogP contribution is -2.41. The molecule has 0 aliphatic carbocycles. The van der Waals surface area contributed by atoms with Gasteiger partial charge in [-0.15, -0.1) is 0 Å². The topological polar surface area (TPSA) is 144 Å². The van der Waals surface area contributed by atoms with Gasteiger partial charge in [0.15, 0.2) is 0 Å². The monoisotopic (exact) mass is 597 g/mol. The highest BCUT2D eigenvalue weighted by atomic mass is 16.5. The second kappa shape index (κ2) is 19.5. The molecule has 0 saturated heterocycles. The van der Waals surface area contributed by atoms with Gasteiger partial charge in [0.2, 0.25) is 11.8 Å². The van der Waals surface area contributed by atoms with Gasteiger partial charge in [-0.2, -0.15) is 0 Å². The number of anilines is 2. The molecule has 1 aromatic carbocycles. The summed E-state index contributed by atoms with van der Waals surface area (Å²) in [5, 5.41) is 23.8. The Kier molecular flexibility index (Phi) is 15.3. The predicted molar refractivity (Wildman–Crippen MR) is 165 cm³/mol. The van der Waals surface area contributed by atoms with Crippen LogP contribution in [0.5, 0.6) is 5.75 Å². The smallest absolute Gasteiger partial charge is 0.255 e. The fraction of sp³-hybridized carbons (Fsp3) is 0.562. The van der Waals surface area contributed by atoms with Crippen molar-refractivity contribution in [3.8, 4) is 5.75 Å². The Balaban J connectivity index is 1.84. The molecule has 236 valence electrons. The Hall–Kier alpha value is -3.70. The highest BCUT2D eigenvalue weighted by Gasteiger charge is 2.23.